The fraction of sp³-hybridized carbons (Fsp3) is 0.167. The Hall–Kier alpha value is -2.67. The third-order valence-electron chi connectivity index (χ3n) is 5.37. The van der Waals surface area contributed by atoms with E-state index in [1.807, 2.05) is 18.2 Å². The number of anilines is 1. The molecule has 2 aliphatic heterocycles. The zero-order chi connectivity index (χ0) is 22.1. The second-order valence-electron chi connectivity index (χ2n) is 7.45. The fourth-order valence-corrected chi connectivity index (χ4v) is 5.05. The van der Waals surface area contributed by atoms with Crippen LogP contribution in [0, 0.1) is 0 Å². The first-order chi connectivity index (χ1) is 15.6. The molecule has 1 amide bonds. The van der Waals surface area contributed by atoms with Crippen LogP contribution in [0.2, 0.25) is 10.0 Å². The van der Waals surface area contributed by atoms with E-state index in [0.29, 0.717) is 32.0 Å². The molecule has 3 heterocycles. The zero-order valence-corrected chi connectivity index (χ0v) is 19.3. The predicted octanol–water partition coefficient (Wildman–Crippen LogP) is 6.05. The number of hydrogen-bond donors (Lipinski definition) is 0. The van der Waals surface area contributed by atoms with Gasteiger partial charge in [-0.15, -0.1) is 0 Å². The molecule has 1 aromatic heterocycles. The van der Waals surface area contributed by atoms with E-state index in [1.54, 1.807) is 24.3 Å². The lowest BCUT2D eigenvalue weighted by atomic mass is 10.2. The van der Waals surface area contributed by atoms with Crippen LogP contribution in [0.25, 0.3) is 17.4 Å². The van der Waals surface area contributed by atoms with E-state index in [4.69, 9.17) is 27.6 Å². The molecule has 1 saturated heterocycles. The molecule has 2 aliphatic rings. The van der Waals surface area contributed by atoms with E-state index in [9.17, 15) is 4.79 Å². The van der Waals surface area contributed by atoms with Crippen molar-refractivity contribution in [1.82, 2.24) is 4.90 Å². The number of piperazine rings is 1. The molecule has 3 aromatic rings. The molecule has 0 bridgehead atoms. The Morgan fingerprint density at radius 3 is 2.47 bits per heavy atom. The standard InChI is InChI=1S/C24H19Cl2N3O2S/c25-16-6-8-20(26)19(14-16)21-9-7-18(31-21)15-22-23(30)27-24(32-22)29-12-10-28(11-13-29)17-4-2-1-3-5-17/h1-9,14-15H,10-13H2. The number of rotatable bonds is 3. The average molecular weight is 484 g/mol. The SMILES string of the molecule is O=C1N=C(N2CCN(c3ccccc3)CC2)SC1=Cc1ccc(-c2cc(Cl)ccc2Cl)o1. The van der Waals surface area contributed by atoms with Gasteiger partial charge in [-0.25, -0.2) is 0 Å². The monoisotopic (exact) mass is 483 g/mol. The Kier molecular flexibility index (Phi) is 6.00. The topological polar surface area (TPSA) is 49.1 Å². The van der Waals surface area contributed by atoms with Gasteiger partial charge in [0.15, 0.2) is 5.17 Å². The number of para-hydroxylation sites is 1. The van der Waals surface area contributed by atoms with Gasteiger partial charge in [0.1, 0.15) is 11.5 Å². The van der Waals surface area contributed by atoms with Gasteiger partial charge in [0.2, 0.25) is 0 Å². The summed E-state index contributed by atoms with van der Waals surface area (Å²) in [5.41, 5.74) is 1.93. The number of nitrogens with zero attached hydrogens (tertiary/aromatic N) is 3. The molecule has 0 N–H and O–H groups in total. The molecule has 5 rings (SSSR count). The smallest absolute Gasteiger partial charge is 0.286 e. The minimum atomic E-state index is -0.241. The van der Waals surface area contributed by atoms with Crippen LogP contribution in [0.5, 0.6) is 0 Å². The fourth-order valence-electron chi connectivity index (χ4n) is 3.72. The van der Waals surface area contributed by atoms with Gasteiger partial charge in [0, 0.05) is 48.5 Å². The lowest BCUT2D eigenvalue weighted by molar-refractivity contribution is -0.113. The van der Waals surface area contributed by atoms with Crippen LogP contribution in [0.15, 0.2) is 75.0 Å². The number of amidine groups is 1. The third-order valence-corrected chi connectivity index (χ3v) is 6.98. The van der Waals surface area contributed by atoms with Gasteiger partial charge in [0.25, 0.3) is 5.91 Å². The minimum Gasteiger partial charge on any atom is -0.457 e. The normalized spacial score (nSPS) is 17.9. The van der Waals surface area contributed by atoms with Gasteiger partial charge in [-0.3, -0.25) is 4.79 Å². The van der Waals surface area contributed by atoms with E-state index >= 15 is 0 Å². The highest BCUT2D eigenvalue weighted by atomic mass is 35.5. The Bertz CT molecular complexity index is 1210. The first-order valence-electron chi connectivity index (χ1n) is 10.2. The summed E-state index contributed by atoms with van der Waals surface area (Å²) in [7, 11) is 0. The molecule has 0 atom stereocenters. The summed E-state index contributed by atoms with van der Waals surface area (Å²) in [4.78, 5) is 21.8. The Morgan fingerprint density at radius 1 is 0.938 bits per heavy atom. The molecule has 1 fully saturated rings. The average Bonchev–Trinajstić information content (AvgIpc) is 3.43. The van der Waals surface area contributed by atoms with Crippen molar-refractivity contribution in [3.63, 3.8) is 0 Å². The first kappa shape index (κ1) is 21.2. The van der Waals surface area contributed by atoms with Crippen LogP contribution in [0.4, 0.5) is 5.69 Å². The van der Waals surface area contributed by atoms with Crippen LogP contribution in [0.3, 0.4) is 0 Å². The number of benzene rings is 2. The van der Waals surface area contributed by atoms with E-state index in [-0.39, 0.29) is 5.91 Å². The second kappa shape index (κ2) is 9.06. The van der Waals surface area contributed by atoms with Crippen LogP contribution in [0.1, 0.15) is 5.76 Å². The van der Waals surface area contributed by atoms with Crippen LogP contribution >= 0.6 is 35.0 Å². The van der Waals surface area contributed by atoms with Crippen molar-refractivity contribution in [1.29, 1.82) is 0 Å². The number of carbonyl (C=O) groups excluding carboxylic acids is 1. The Balaban J connectivity index is 1.26. The minimum absolute atomic E-state index is 0.241. The molecule has 0 spiro atoms. The Labute approximate surface area is 200 Å². The highest BCUT2D eigenvalue weighted by molar-refractivity contribution is 8.18. The lowest BCUT2D eigenvalue weighted by Crippen LogP contribution is -2.47. The number of halogens is 2. The summed E-state index contributed by atoms with van der Waals surface area (Å²) in [5.74, 6) is 0.921. The Morgan fingerprint density at radius 2 is 1.69 bits per heavy atom. The molecule has 0 saturated carbocycles. The van der Waals surface area contributed by atoms with E-state index in [1.165, 1.54) is 17.4 Å². The summed E-state index contributed by atoms with van der Waals surface area (Å²) in [5, 5.41) is 1.88. The molecular formula is C24H19Cl2N3O2S. The molecule has 0 aliphatic carbocycles. The van der Waals surface area contributed by atoms with Gasteiger partial charge >= 0.3 is 0 Å². The van der Waals surface area contributed by atoms with Gasteiger partial charge in [-0.1, -0.05) is 41.4 Å². The molecule has 5 nitrogen and oxygen atoms in total. The summed E-state index contributed by atoms with van der Waals surface area (Å²) in [6.07, 6.45) is 1.73. The zero-order valence-electron chi connectivity index (χ0n) is 17.0. The van der Waals surface area contributed by atoms with Crippen molar-refractivity contribution in [2.24, 2.45) is 4.99 Å². The molecule has 32 heavy (non-hydrogen) atoms. The van der Waals surface area contributed by atoms with Crippen molar-refractivity contribution >= 4 is 57.8 Å². The van der Waals surface area contributed by atoms with E-state index in [0.717, 1.165) is 31.3 Å². The van der Waals surface area contributed by atoms with Crippen LogP contribution in [-0.4, -0.2) is 42.2 Å². The highest BCUT2D eigenvalue weighted by Gasteiger charge is 2.29. The van der Waals surface area contributed by atoms with Crippen molar-refractivity contribution < 1.29 is 9.21 Å². The maximum Gasteiger partial charge on any atom is 0.286 e. The van der Waals surface area contributed by atoms with Gasteiger partial charge in [-0.05, 0) is 54.2 Å². The summed E-state index contributed by atoms with van der Waals surface area (Å²) in [6, 6.07) is 19.2. The van der Waals surface area contributed by atoms with Gasteiger partial charge in [0.05, 0.1) is 9.93 Å². The quantitative estimate of drug-likeness (QED) is 0.424. The maximum atomic E-state index is 12.5. The molecule has 2 aromatic carbocycles. The number of aliphatic imine (C=N–C) groups is 1. The van der Waals surface area contributed by atoms with Crippen molar-refractivity contribution in [3.05, 3.63) is 81.4 Å². The van der Waals surface area contributed by atoms with Gasteiger partial charge in [-0.2, -0.15) is 4.99 Å². The summed E-state index contributed by atoms with van der Waals surface area (Å²) >= 11 is 13.7. The predicted molar refractivity (Wildman–Crippen MR) is 132 cm³/mol. The van der Waals surface area contributed by atoms with Crippen LogP contribution < -0.4 is 4.90 Å². The first-order valence-corrected chi connectivity index (χ1v) is 11.8. The number of thioether (sulfide) groups is 1. The number of amides is 1. The molecule has 0 unspecified atom stereocenters. The largest absolute Gasteiger partial charge is 0.457 e. The molecule has 0 radical (unpaired) electrons. The summed E-state index contributed by atoms with van der Waals surface area (Å²) < 4.78 is 5.90. The second-order valence-corrected chi connectivity index (χ2v) is 9.30. The molecular weight excluding hydrogens is 465 g/mol. The number of hydrogen-bond acceptors (Lipinski definition) is 5. The lowest BCUT2D eigenvalue weighted by Gasteiger charge is -2.36. The molecule has 8 heteroatoms. The number of carbonyl (C=O) groups is 1. The van der Waals surface area contributed by atoms with Crippen LogP contribution in [-0.2, 0) is 4.79 Å². The number of furan rings is 1. The summed E-state index contributed by atoms with van der Waals surface area (Å²) in [6.45, 7) is 3.41. The van der Waals surface area contributed by atoms with Gasteiger partial charge < -0.3 is 14.2 Å². The van der Waals surface area contributed by atoms with Crippen molar-refractivity contribution in [3.8, 4) is 11.3 Å². The molecule has 162 valence electrons. The van der Waals surface area contributed by atoms with E-state index < -0.39 is 0 Å². The van der Waals surface area contributed by atoms with E-state index in [2.05, 4.69) is 39.1 Å². The third kappa shape index (κ3) is 4.44. The van der Waals surface area contributed by atoms with Crippen molar-refractivity contribution in [2.75, 3.05) is 31.1 Å². The van der Waals surface area contributed by atoms with Crippen molar-refractivity contribution in [2.45, 2.75) is 0 Å². The maximum absolute atomic E-state index is 12.5. The highest BCUT2D eigenvalue weighted by Crippen LogP contribution is 2.35.